The van der Waals surface area contributed by atoms with Gasteiger partial charge in [-0.15, -0.1) is 0 Å². The van der Waals surface area contributed by atoms with Crippen LogP contribution in [0.25, 0.3) is 0 Å². The zero-order valence-corrected chi connectivity index (χ0v) is 12.6. The zero-order valence-electron chi connectivity index (χ0n) is 12.6. The predicted octanol–water partition coefficient (Wildman–Crippen LogP) is 4.14. The minimum Gasteiger partial charge on any atom is -0.258 e. The van der Waals surface area contributed by atoms with Crippen molar-refractivity contribution in [2.75, 3.05) is 0 Å². The van der Waals surface area contributed by atoms with Crippen LogP contribution in [0.5, 0.6) is 0 Å². The number of hydrogen-bond donors (Lipinski definition) is 0. The van der Waals surface area contributed by atoms with Crippen molar-refractivity contribution in [3.8, 4) is 0 Å². The molecule has 0 spiro atoms. The van der Waals surface area contributed by atoms with Crippen LogP contribution in [-0.2, 0) is 0 Å². The van der Waals surface area contributed by atoms with Gasteiger partial charge in [0.25, 0.3) is 11.4 Å². The van der Waals surface area contributed by atoms with E-state index in [0.717, 1.165) is 0 Å². The van der Waals surface area contributed by atoms with E-state index in [4.69, 9.17) is 0 Å². The van der Waals surface area contributed by atoms with Crippen LogP contribution in [-0.4, -0.2) is 9.85 Å². The molecule has 1 saturated carbocycles. The SMILES string of the molecule is CC(c1c([N+](=O)[O-])cccc1[N+](=O)[O-])C1C(C)C(C)C1C. The van der Waals surface area contributed by atoms with Crippen molar-refractivity contribution in [3.63, 3.8) is 0 Å². The van der Waals surface area contributed by atoms with Crippen LogP contribution in [0.4, 0.5) is 11.4 Å². The quantitative estimate of drug-likeness (QED) is 0.616. The second-order valence-electron chi connectivity index (χ2n) is 6.17. The van der Waals surface area contributed by atoms with E-state index in [1.165, 1.54) is 18.2 Å². The first-order chi connectivity index (χ1) is 9.77. The number of benzene rings is 1. The summed E-state index contributed by atoms with van der Waals surface area (Å²) in [6.07, 6.45) is 0. The van der Waals surface area contributed by atoms with Gasteiger partial charge in [0.05, 0.1) is 9.85 Å². The monoisotopic (exact) mass is 292 g/mol. The van der Waals surface area contributed by atoms with Crippen molar-refractivity contribution in [1.29, 1.82) is 0 Å². The Kier molecular flexibility index (Phi) is 3.98. The van der Waals surface area contributed by atoms with Crippen molar-refractivity contribution < 1.29 is 9.85 Å². The van der Waals surface area contributed by atoms with Crippen molar-refractivity contribution >= 4 is 11.4 Å². The molecule has 1 aromatic carbocycles. The fourth-order valence-electron chi connectivity index (χ4n) is 3.94. The fraction of sp³-hybridized carbons (Fsp3) is 0.600. The smallest absolute Gasteiger partial charge is 0.258 e. The topological polar surface area (TPSA) is 86.3 Å². The molecule has 1 fully saturated rings. The fourth-order valence-corrected chi connectivity index (χ4v) is 3.94. The highest BCUT2D eigenvalue weighted by molar-refractivity contribution is 5.55. The Bertz CT molecular complexity index is 545. The predicted molar refractivity (Wildman–Crippen MR) is 79.1 cm³/mol. The molecule has 2 rings (SSSR count). The zero-order chi connectivity index (χ0) is 15.9. The van der Waals surface area contributed by atoms with E-state index in [1.54, 1.807) is 0 Å². The minimum absolute atomic E-state index is 0.143. The Morgan fingerprint density at radius 3 is 1.76 bits per heavy atom. The molecule has 1 aliphatic carbocycles. The number of hydrogen-bond acceptors (Lipinski definition) is 4. The second kappa shape index (κ2) is 5.42. The summed E-state index contributed by atoms with van der Waals surface area (Å²) in [5, 5.41) is 22.5. The Morgan fingerprint density at radius 1 is 0.952 bits per heavy atom. The summed E-state index contributed by atoms with van der Waals surface area (Å²) in [5.74, 6) is 1.40. The molecule has 0 aromatic heterocycles. The molecule has 114 valence electrons. The molecule has 6 heteroatoms. The molecule has 0 N–H and O–H groups in total. The first kappa shape index (κ1) is 15.4. The molecule has 0 saturated heterocycles. The van der Waals surface area contributed by atoms with Gasteiger partial charge in [-0.2, -0.15) is 0 Å². The summed E-state index contributed by atoms with van der Waals surface area (Å²) >= 11 is 0. The van der Waals surface area contributed by atoms with E-state index in [1.807, 2.05) is 6.92 Å². The molecule has 21 heavy (non-hydrogen) atoms. The molecule has 1 aromatic rings. The Labute approximate surface area is 123 Å². The summed E-state index contributed by atoms with van der Waals surface area (Å²) in [6.45, 7) is 8.27. The van der Waals surface area contributed by atoms with Crippen molar-refractivity contribution in [3.05, 3.63) is 44.0 Å². The lowest BCUT2D eigenvalue weighted by Gasteiger charge is -2.50. The molecule has 0 aliphatic heterocycles. The van der Waals surface area contributed by atoms with Gasteiger partial charge in [0.2, 0.25) is 0 Å². The standard InChI is InChI=1S/C15H20N2O4/c1-8-9(2)14(10(8)3)11(4)15-12(16(18)19)6-5-7-13(15)17(20)21/h5-11,14H,1-4H3. The van der Waals surface area contributed by atoms with Crippen molar-refractivity contribution in [2.45, 2.75) is 33.6 Å². The molecule has 6 nitrogen and oxygen atoms in total. The van der Waals surface area contributed by atoms with Crippen molar-refractivity contribution in [2.24, 2.45) is 23.7 Å². The minimum atomic E-state index is -0.518. The molecule has 3 atom stereocenters. The average molecular weight is 292 g/mol. The number of nitrogens with zero attached hydrogens (tertiary/aromatic N) is 2. The average Bonchev–Trinajstić information content (AvgIpc) is 2.45. The van der Waals surface area contributed by atoms with Gasteiger partial charge in [-0.05, 0) is 35.7 Å². The van der Waals surface area contributed by atoms with Crippen LogP contribution < -0.4 is 0 Å². The van der Waals surface area contributed by atoms with Crippen LogP contribution >= 0.6 is 0 Å². The third kappa shape index (κ3) is 2.39. The van der Waals surface area contributed by atoms with E-state index >= 15 is 0 Å². The third-order valence-electron chi connectivity index (χ3n) is 5.36. The summed E-state index contributed by atoms with van der Waals surface area (Å²) in [5.41, 5.74) is -0.0191. The summed E-state index contributed by atoms with van der Waals surface area (Å²) < 4.78 is 0. The molecule has 0 bridgehead atoms. The van der Waals surface area contributed by atoms with Gasteiger partial charge in [-0.25, -0.2) is 0 Å². The molecule has 0 heterocycles. The van der Waals surface area contributed by atoms with Gasteiger partial charge >= 0.3 is 0 Å². The molecule has 1 aliphatic rings. The molecular weight excluding hydrogens is 272 g/mol. The number of nitro groups is 2. The van der Waals surface area contributed by atoms with Crippen LogP contribution in [0.1, 0.15) is 39.2 Å². The van der Waals surface area contributed by atoms with Crippen molar-refractivity contribution in [1.82, 2.24) is 0 Å². The Morgan fingerprint density at radius 2 is 1.38 bits per heavy atom. The number of nitro benzene ring substituents is 2. The van der Waals surface area contributed by atoms with E-state index in [2.05, 4.69) is 20.8 Å². The van der Waals surface area contributed by atoms with Gasteiger partial charge < -0.3 is 0 Å². The summed E-state index contributed by atoms with van der Waals surface area (Å²) in [7, 11) is 0. The van der Waals surface area contributed by atoms with Gasteiger partial charge in [0.1, 0.15) is 5.56 Å². The van der Waals surface area contributed by atoms with Crippen LogP contribution in [0.15, 0.2) is 18.2 Å². The van der Waals surface area contributed by atoms with Gasteiger partial charge in [-0.3, -0.25) is 20.2 Å². The van der Waals surface area contributed by atoms with E-state index < -0.39 is 9.85 Å². The molecule has 0 amide bonds. The maximum absolute atomic E-state index is 11.2. The lowest BCUT2D eigenvalue weighted by Crippen LogP contribution is -2.44. The maximum Gasteiger partial charge on any atom is 0.279 e. The summed E-state index contributed by atoms with van der Waals surface area (Å²) in [6, 6.07) is 4.09. The highest BCUT2D eigenvalue weighted by atomic mass is 16.6. The molecule has 0 radical (unpaired) electrons. The lowest BCUT2D eigenvalue weighted by atomic mass is 9.54. The molecule has 3 unspecified atom stereocenters. The van der Waals surface area contributed by atoms with E-state index in [-0.39, 0.29) is 28.8 Å². The first-order valence-corrected chi connectivity index (χ1v) is 7.19. The Hall–Kier alpha value is -1.98. The third-order valence-corrected chi connectivity index (χ3v) is 5.36. The van der Waals surface area contributed by atoms with Crippen LogP contribution in [0.3, 0.4) is 0 Å². The van der Waals surface area contributed by atoms with Gasteiger partial charge in [-0.1, -0.05) is 27.7 Å². The second-order valence-corrected chi connectivity index (χ2v) is 6.17. The van der Waals surface area contributed by atoms with E-state index in [0.29, 0.717) is 17.8 Å². The first-order valence-electron chi connectivity index (χ1n) is 7.19. The largest absolute Gasteiger partial charge is 0.279 e. The van der Waals surface area contributed by atoms with Gasteiger partial charge in [0.15, 0.2) is 0 Å². The normalized spacial score (nSPS) is 29.5. The highest BCUT2D eigenvalue weighted by Crippen LogP contribution is 2.54. The van der Waals surface area contributed by atoms with E-state index in [9.17, 15) is 20.2 Å². The highest BCUT2D eigenvalue weighted by Gasteiger charge is 2.47. The van der Waals surface area contributed by atoms with Crippen LogP contribution in [0, 0.1) is 43.9 Å². The maximum atomic E-state index is 11.2. The Balaban J connectivity index is 2.51. The van der Waals surface area contributed by atoms with Crippen LogP contribution in [0.2, 0.25) is 0 Å². The lowest BCUT2D eigenvalue weighted by molar-refractivity contribution is -0.396. The summed E-state index contributed by atoms with van der Waals surface area (Å²) in [4.78, 5) is 21.4. The van der Waals surface area contributed by atoms with Gasteiger partial charge in [0, 0.05) is 12.1 Å². The molecular formula is C15H20N2O4. The number of rotatable bonds is 4.